The van der Waals surface area contributed by atoms with E-state index in [0.29, 0.717) is 5.56 Å². The maximum absolute atomic E-state index is 10.4. The molecule has 1 aromatic rings. The number of halogens is 1. The van der Waals surface area contributed by atoms with E-state index in [2.05, 4.69) is 0 Å². The van der Waals surface area contributed by atoms with Crippen LogP contribution in [0.3, 0.4) is 0 Å². The van der Waals surface area contributed by atoms with Crippen molar-refractivity contribution in [1.29, 1.82) is 5.26 Å². The van der Waals surface area contributed by atoms with Crippen LogP contribution in [-0.4, -0.2) is 17.1 Å². The predicted molar refractivity (Wildman–Crippen MR) is 57.7 cm³/mol. The van der Waals surface area contributed by atoms with E-state index in [4.69, 9.17) is 16.1 Å². The maximum Gasteiger partial charge on any atom is 0.320 e. The first-order chi connectivity index (χ1) is 6.63. The normalized spacial score (nSPS) is 10.9. The quantitative estimate of drug-likeness (QED) is 0.803. The van der Waals surface area contributed by atoms with Crippen molar-refractivity contribution in [2.24, 2.45) is 5.73 Å². The highest BCUT2D eigenvalue weighted by Crippen LogP contribution is 2.05. The molecule has 1 rings (SSSR count). The average Bonchev–Trinajstić information content (AvgIpc) is 2.19. The summed E-state index contributed by atoms with van der Waals surface area (Å²) in [4.78, 5) is 10.4. The van der Waals surface area contributed by atoms with Crippen molar-refractivity contribution >= 4 is 18.4 Å². The van der Waals surface area contributed by atoms with Crippen LogP contribution in [-0.2, 0) is 11.2 Å². The Morgan fingerprint density at radius 1 is 1.47 bits per heavy atom. The van der Waals surface area contributed by atoms with Crippen molar-refractivity contribution in [1.82, 2.24) is 0 Å². The molecule has 0 aliphatic carbocycles. The number of nitriles is 1. The van der Waals surface area contributed by atoms with Gasteiger partial charge < -0.3 is 10.8 Å². The molecule has 1 atom stereocenters. The molecule has 0 amide bonds. The number of carboxylic acids is 1. The monoisotopic (exact) mass is 226 g/mol. The topological polar surface area (TPSA) is 87.1 Å². The first-order valence-electron chi connectivity index (χ1n) is 4.11. The van der Waals surface area contributed by atoms with Crippen LogP contribution in [0.1, 0.15) is 11.1 Å². The zero-order valence-electron chi connectivity index (χ0n) is 7.88. The zero-order valence-corrected chi connectivity index (χ0v) is 8.70. The summed E-state index contributed by atoms with van der Waals surface area (Å²) in [6.07, 6.45) is 0.279. The highest BCUT2D eigenvalue weighted by Gasteiger charge is 2.11. The summed E-state index contributed by atoms with van der Waals surface area (Å²) >= 11 is 0. The van der Waals surface area contributed by atoms with E-state index < -0.39 is 12.0 Å². The number of nitrogens with two attached hydrogens (primary N) is 1. The third-order valence-corrected chi connectivity index (χ3v) is 1.86. The summed E-state index contributed by atoms with van der Waals surface area (Å²) in [7, 11) is 0. The second-order valence-corrected chi connectivity index (χ2v) is 2.96. The van der Waals surface area contributed by atoms with Gasteiger partial charge in [0, 0.05) is 0 Å². The van der Waals surface area contributed by atoms with Crippen LogP contribution in [0.15, 0.2) is 24.3 Å². The summed E-state index contributed by atoms with van der Waals surface area (Å²) in [6.45, 7) is 0. The van der Waals surface area contributed by atoms with E-state index in [1.165, 1.54) is 0 Å². The third-order valence-electron chi connectivity index (χ3n) is 1.86. The van der Waals surface area contributed by atoms with E-state index in [1.807, 2.05) is 6.07 Å². The summed E-state index contributed by atoms with van der Waals surface area (Å²) in [6, 6.07) is 7.80. The van der Waals surface area contributed by atoms with Gasteiger partial charge in [0.2, 0.25) is 0 Å². The molecule has 1 aromatic carbocycles. The SMILES string of the molecule is Cl.N#Cc1ccc(C[C@@H](N)C(=O)O)cc1. The molecule has 0 aromatic heterocycles. The van der Waals surface area contributed by atoms with Crippen LogP contribution in [0.4, 0.5) is 0 Å². The van der Waals surface area contributed by atoms with Crippen LogP contribution in [0.25, 0.3) is 0 Å². The van der Waals surface area contributed by atoms with Crippen LogP contribution < -0.4 is 5.73 Å². The molecular formula is C10H11ClN2O2. The lowest BCUT2D eigenvalue weighted by molar-refractivity contribution is -0.138. The number of carbonyl (C=O) groups is 1. The average molecular weight is 227 g/mol. The van der Waals surface area contributed by atoms with Gasteiger partial charge in [-0.3, -0.25) is 4.79 Å². The molecule has 0 spiro atoms. The van der Waals surface area contributed by atoms with Gasteiger partial charge in [-0.2, -0.15) is 5.26 Å². The second-order valence-electron chi connectivity index (χ2n) is 2.96. The van der Waals surface area contributed by atoms with Gasteiger partial charge in [0.15, 0.2) is 0 Å². The fraction of sp³-hybridized carbons (Fsp3) is 0.200. The number of nitrogens with zero attached hydrogens (tertiary/aromatic N) is 1. The van der Waals surface area contributed by atoms with Crippen molar-refractivity contribution < 1.29 is 9.90 Å². The minimum atomic E-state index is -1.02. The van der Waals surface area contributed by atoms with Gasteiger partial charge >= 0.3 is 5.97 Å². The van der Waals surface area contributed by atoms with Crippen molar-refractivity contribution in [2.45, 2.75) is 12.5 Å². The van der Waals surface area contributed by atoms with E-state index in [1.54, 1.807) is 24.3 Å². The van der Waals surface area contributed by atoms with E-state index in [0.717, 1.165) is 5.56 Å². The van der Waals surface area contributed by atoms with Gasteiger partial charge in [-0.05, 0) is 24.1 Å². The molecule has 0 saturated heterocycles. The first kappa shape index (κ1) is 13.4. The lowest BCUT2D eigenvalue weighted by Crippen LogP contribution is -2.32. The van der Waals surface area contributed by atoms with Gasteiger partial charge in [0.1, 0.15) is 6.04 Å². The molecule has 0 aliphatic rings. The number of benzene rings is 1. The largest absolute Gasteiger partial charge is 0.480 e. The van der Waals surface area contributed by atoms with Gasteiger partial charge in [-0.1, -0.05) is 12.1 Å². The predicted octanol–water partition coefficient (Wildman–Crippen LogP) is 0.934. The molecule has 0 fully saturated rings. The highest BCUT2D eigenvalue weighted by molar-refractivity contribution is 5.85. The summed E-state index contributed by atoms with van der Waals surface area (Å²) in [5, 5.41) is 17.1. The first-order valence-corrected chi connectivity index (χ1v) is 4.11. The molecule has 0 heterocycles. The van der Waals surface area contributed by atoms with E-state index >= 15 is 0 Å². The Hall–Kier alpha value is -1.57. The molecule has 0 bridgehead atoms. The fourth-order valence-electron chi connectivity index (χ4n) is 1.06. The van der Waals surface area contributed by atoms with Crippen molar-refractivity contribution in [3.05, 3.63) is 35.4 Å². The molecule has 0 radical (unpaired) electrons. The van der Waals surface area contributed by atoms with E-state index in [-0.39, 0.29) is 18.8 Å². The number of carboxylic acid groups (broad SMARTS) is 1. The van der Waals surface area contributed by atoms with Crippen LogP contribution in [0.2, 0.25) is 0 Å². The number of rotatable bonds is 3. The third kappa shape index (κ3) is 3.98. The molecule has 4 nitrogen and oxygen atoms in total. The molecule has 15 heavy (non-hydrogen) atoms. The molecule has 5 heteroatoms. The van der Waals surface area contributed by atoms with E-state index in [9.17, 15) is 4.79 Å². The standard InChI is InChI=1S/C10H10N2O2.ClH/c11-6-8-3-1-7(2-4-8)5-9(12)10(13)14;/h1-4,9H,5,12H2,(H,13,14);1H/t9-;/m1./s1. The minimum absolute atomic E-state index is 0. The Balaban J connectivity index is 0.00000196. The molecule has 0 unspecified atom stereocenters. The number of hydrogen-bond donors (Lipinski definition) is 2. The minimum Gasteiger partial charge on any atom is -0.480 e. The highest BCUT2D eigenvalue weighted by atomic mass is 35.5. The van der Waals surface area contributed by atoms with Crippen LogP contribution >= 0.6 is 12.4 Å². The maximum atomic E-state index is 10.4. The van der Waals surface area contributed by atoms with Crippen molar-refractivity contribution in [3.63, 3.8) is 0 Å². The van der Waals surface area contributed by atoms with Gasteiger partial charge in [0.25, 0.3) is 0 Å². The molecule has 80 valence electrons. The molecular weight excluding hydrogens is 216 g/mol. The van der Waals surface area contributed by atoms with Gasteiger partial charge in [-0.15, -0.1) is 12.4 Å². The Bertz CT molecular complexity index is 370. The molecule has 0 saturated carbocycles. The van der Waals surface area contributed by atoms with Gasteiger partial charge in [-0.25, -0.2) is 0 Å². The lowest BCUT2D eigenvalue weighted by Gasteiger charge is -2.05. The summed E-state index contributed by atoms with van der Waals surface area (Å²) in [5.74, 6) is -1.02. The zero-order chi connectivity index (χ0) is 10.6. The summed E-state index contributed by atoms with van der Waals surface area (Å²) in [5.41, 5.74) is 6.73. The van der Waals surface area contributed by atoms with Crippen LogP contribution in [0.5, 0.6) is 0 Å². The Morgan fingerprint density at radius 2 is 2.00 bits per heavy atom. The van der Waals surface area contributed by atoms with Crippen molar-refractivity contribution in [3.8, 4) is 6.07 Å². The molecule has 3 N–H and O–H groups in total. The smallest absolute Gasteiger partial charge is 0.320 e. The van der Waals surface area contributed by atoms with Crippen molar-refractivity contribution in [2.75, 3.05) is 0 Å². The second kappa shape index (κ2) is 6.02. The van der Waals surface area contributed by atoms with Crippen LogP contribution in [0, 0.1) is 11.3 Å². The fourth-order valence-corrected chi connectivity index (χ4v) is 1.06. The number of aliphatic carboxylic acids is 1. The Morgan fingerprint density at radius 3 is 2.40 bits per heavy atom. The number of hydrogen-bond acceptors (Lipinski definition) is 3. The Kier molecular flexibility index (Phi) is 5.39. The Labute approximate surface area is 93.7 Å². The lowest BCUT2D eigenvalue weighted by atomic mass is 10.1. The summed E-state index contributed by atoms with van der Waals surface area (Å²) < 4.78 is 0. The van der Waals surface area contributed by atoms with Gasteiger partial charge in [0.05, 0.1) is 11.6 Å². The molecule has 0 aliphatic heterocycles.